The number of para-hydroxylation sites is 2. The van der Waals surface area contributed by atoms with Gasteiger partial charge >= 0.3 is 5.63 Å². The quantitative estimate of drug-likeness (QED) is 0.377. The van der Waals surface area contributed by atoms with E-state index in [9.17, 15) is 18.0 Å². The molecule has 0 fully saturated rings. The summed E-state index contributed by atoms with van der Waals surface area (Å²) in [5.41, 5.74) is -0.403. The van der Waals surface area contributed by atoms with E-state index in [2.05, 4.69) is 10.0 Å². The predicted octanol–water partition coefficient (Wildman–Crippen LogP) is 5.15. The molecule has 0 radical (unpaired) electrons. The number of hydrogen-bond acceptors (Lipinski definition) is 5. The predicted molar refractivity (Wildman–Crippen MR) is 124 cm³/mol. The van der Waals surface area contributed by atoms with Gasteiger partial charge in [0.1, 0.15) is 16.0 Å². The van der Waals surface area contributed by atoms with Crippen LogP contribution in [0.2, 0.25) is 10.0 Å². The first-order valence-corrected chi connectivity index (χ1v) is 11.4. The number of carbonyl (C=O) groups excluding carboxylic acids is 1. The van der Waals surface area contributed by atoms with Gasteiger partial charge in [0, 0.05) is 11.1 Å². The third-order valence-corrected chi connectivity index (χ3v) is 6.66. The van der Waals surface area contributed by atoms with Crippen LogP contribution in [0.1, 0.15) is 10.4 Å². The summed E-state index contributed by atoms with van der Waals surface area (Å²) in [6.07, 6.45) is 0. The number of rotatable bonds is 5. The van der Waals surface area contributed by atoms with Crippen molar-refractivity contribution in [3.63, 3.8) is 0 Å². The second-order valence-electron chi connectivity index (χ2n) is 6.67. The minimum Gasteiger partial charge on any atom is -0.422 e. The SMILES string of the molecule is O=C(Nc1ccc(Cl)c(S(=O)(=O)Nc2ccccc2Cl)c1)c1cc2ccccc2oc1=O. The van der Waals surface area contributed by atoms with Crippen LogP contribution in [-0.4, -0.2) is 14.3 Å². The van der Waals surface area contributed by atoms with Gasteiger partial charge < -0.3 is 9.73 Å². The summed E-state index contributed by atoms with van der Waals surface area (Å²) in [7, 11) is -4.12. The maximum atomic E-state index is 12.9. The summed E-state index contributed by atoms with van der Waals surface area (Å²) in [5.74, 6) is -0.755. The smallest absolute Gasteiger partial charge is 0.349 e. The van der Waals surface area contributed by atoms with Gasteiger partial charge in [0.2, 0.25) is 0 Å². The number of sulfonamides is 1. The van der Waals surface area contributed by atoms with E-state index in [0.29, 0.717) is 11.0 Å². The number of anilines is 2. The molecule has 1 aromatic heterocycles. The average molecular weight is 489 g/mol. The molecule has 1 heterocycles. The van der Waals surface area contributed by atoms with Crippen LogP contribution in [-0.2, 0) is 10.0 Å². The van der Waals surface area contributed by atoms with E-state index in [4.69, 9.17) is 27.6 Å². The summed E-state index contributed by atoms with van der Waals surface area (Å²) < 4.78 is 33.2. The molecule has 0 unspecified atom stereocenters. The molecule has 0 bridgehead atoms. The zero-order valence-corrected chi connectivity index (χ0v) is 18.5. The number of hydrogen-bond donors (Lipinski definition) is 2. The number of amides is 1. The van der Waals surface area contributed by atoms with E-state index in [1.54, 1.807) is 36.4 Å². The lowest BCUT2D eigenvalue weighted by Crippen LogP contribution is -2.21. The minimum absolute atomic E-state index is 0.0622. The first-order chi connectivity index (χ1) is 15.2. The first kappa shape index (κ1) is 21.9. The fourth-order valence-corrected chi connectivity index (χ4v) is 4.80. The molecular formula is C22H14Cl2N2O5S. The lowest BCUT2D eigenvalue weighted by atomic mass is 10.1. The Hall–Kier alpha value is -3.33. The summed E-state index contributed by atoms with van der Waals surface area (Å²) in [5, 5.41) is 3.22. The van der Waals surface area contributed by atoms with E-state index in [0.717, 1.165) is 0 Å². The topological polar surface area (TPSA) is 105 Å². The number of carbonyl (C=O) groups is 1. The van der Waals surface area contributed by atoms with Gasteiger partial charge in [0.25, 0.3) is 15.9 Å². The largest absolute Gasteiger partial charge is 0.422 e. The fourth-order valence-electron chi connectivity index (χ4n) is 2.95. The Morgan fingerprint density at radius 2 is 1.59 bits per heavy atom. The van der Waals surface area contributed by atoms with Crippen molar-refractivity contribution in [2.75, 3.05) is 10.0 Å². The van der Waals surface area contributed by atoms with Gasteiger partial charge in [-0.2, -0.15) is 0 Å². The summed E-state index contributed by atoms with van der Waals surface area (Å²) in [4.78, 5) is 24.6. The Kier molecular flexibility index (Phi) is 5.92. The van der Waals surface area contributed by atoms with Gasteiger partial charge in [-0.3, -0.25) is 9.52 Å². The molecule has 0 saturated heterocycles. The molecule has 0 aliphatic rings. The third kappa shape index (κ3) is 4.47. The van der Waals surface area contributed by atoms with Crippen LogP contribution in [0.3, 0.4) is 0 Å². The van der Waals surface area contributed by atoms with Gasteiger partial charge in [-0.05, 0) is 42.5 Å². The van der Waals surface area contributed by atoms with Gasteiger partial charge in [-0.15, -0.1) is 0 Å². The molecule has 2 N–H and O–H groups in total. The number of fused-ring (bicyclic) bond motifs is 1. The second-order valence-corrected chi connectivity index (χ2v) is 9.14. The molecule has 1 amide bonds. The van der Waals surface area contributed by atoms with Crippen LogP contribution in [0.25, 0.3) is 11.0 Å². The Labute approximate surface area is 192 Å². The van der Waals surface area contributed by atoms with Crippen LogP contribution in [0.15, 0.2) is 86.9 Å². The highest BCUT2D eigenvalue weighted by atomic mass is 35.5. The highest BCUT2D eigenvalue weighted by Gasteiger charge is 2.21. The van der Waals surface area contributed by atoms with Crippen molar-refractivity contribution < 1.29 is 17.6 Å². The lowest BCUT2D eigenvalue weighted by molar-refractivity contribution is 0.102. The van der Waals surface area contributed by atoms with Crippen molar-refractivity contribution in [1.82, 2.24) is 0 Å². The average Bonchev–Trinajstić information content (AvgIpc) is 2.76. The first-order valence-electron chi connectivity index (χ1n) is 9.16. The van der Waals surface area contributed by atoms with Crippen LogP contribution in [0.5, 0.6) is 0 Å². The standard InChI is InChI=1S/C22H14Cl2N2O5S/c23-16-6-2-3-7-18(16)26-32(29,30)20-12-14(9-10-17(20)24)25-21(27)15-11-13-5-1-4-8-19(13)31-22(15)28/h1-12,26H,(H,25,27). The van der Waals surface area contributed by atoms with Crippen LogP contribution in [0.4, 0.5) is 11.4 Å². The van der Waals surface area contributed by atoms with E-state index >= 15 is 0 Å². The molecule has 0 aliphatic heterocycles. The molecule has 0 atom stereocenters. The Morgan fingerprint density at radius 3 is 2.38 bits per heavy atom. The molecule has 4 aromatic rings. The second kappa shape index (κ2) is 8.66. The number of halogens is 2. The molecule has 0 saturated carbocycles. The van der Waals surface area contributed by atoms with E-state index in [1.165, 1.54) is 36.4 Å². The van der Waals surface area contributed by atoms with Gasteiger partial charge in [0.15, 0.2) is 0 Å². The molecule has 4 rings (SSSR count). The van der Waals surface area contributed by atoms with E-state index < -0.39 is 21.6 Å². The monoisotopic (exact) mass is 488 g/mol. The summed E-state index contributed by atoms with van der Waals surface area (Å²) >= 11 is 12.1. The molecule has 162 valence electrons. The van der Waals surface area contributed by atoms with Gasteiger partial charge in [-0.1, -0.05) is 53.5 Å². The Balaban J connectivity index is 1.64. The molecule has 10 heteroatoms. The maximum absolute atomic E-state index is 12.9. The maximum Gasteiger partial charge on any atom is 0.349 e. The molecule has 7 nitrogen and oxygen atoms in total. The molecule has 32 heavy (non-hydrogen) atoms. The number of benzene rings is 3. The zero-order valence-electron chi connectivity index (χ0n) is 16.1. The lowest BCUT2D eigenvalue weighted by Gasteiger charge is -2.12. The third-order valence-electron chi connectivity index (χ3n) is 4.48. The normalized spacial score (nSPS) is 11.3. The van der Waals surface area contributed by atoms with Gasteiger partial charge in [0.05, 0.1) is 15.7 Å². The van der Waals surface area contributed by atoms with Crippen molar-refractivity contribution >= 4 is 61.5 Å². The summed E-state index contributed by atoms with van der Waals surface area (Å²) in [6, 6.07) is 18.4. The van der Waals surface area contributed by atoms with Crippen molar-refractivity contribution in [1.29, 1.82) is 0 Å². The van der Waals surface area contributed by atoms with Crippen molar-refractivity contribution in [3.05, 3.63) is 98.8 Å². The molecule has 3 aromatic carbocycles. The van der Waals surface area contributed by atoms with Crippen LogP contribution >= 0.6 is 23.2 Å². The van der Waals surface area contributed by atoms with Crippen LogP contribution < -0.4 is 15.7 Å². The Bertz CT molecular complexity index is 1520. The summed E-state index contributed by atoms with van der Waals surface area (Å²) in [6.45, 7) is 0. The van der Waals surface area contributed by atoms with Crippen LogP contribution in [0, 0.1) is 0 Å². The van der Waals surface area contributed by atoms with Crippen molar-refractivity contribution in [3.8, 4) is 0 Å². The number of nitrogens with one attached hydrogen (secondary N) is 2. The Morgan fingerprint density at radius 1 is 0.875 bits per heavy atom. The highest BCUT2D eigenvalue weighted by Crippen LogP contribution is 2.29. The van der Waals surface area contributed by atoms with E-state index in [1.807, 2.05) is 0 Å². The van der Waals surface area contributed by atoms with Crippen molar-refractivity contribution in [2.24, 2.45) is 0 Å². The fraction of sp³-hybridized carbons (Fsp3) is 0. The molecule has 0 spiro atoms. The van der Waals surface area contributed by atoms with Gasteiger partial charge in [-0.25, -0.2) is 13.2 Å². The minimum atomic E-state index is -4.12. The zero-order chi connectivity index (χ0) is 22.9. The highest BCUT2D eigenvalue weighted by molar-refractivity contribution is 7.92. The van der Waals surface area contributed by atoms with E-state index in [-0.39, 0.29) is 31.9 Å². The molecule has 0 aliphatic carbocycles. The van der Waals surface area contributed by atoms with Crippen molar-refractivity contribution in [2.45, 2.75) is 4.90 Å². The molecular weight excluding hydrogens is 475 g/mol.